The van der Waals surface area contributed by atoms with Gasteiger partial charge in [0.05, 0.1) is 18.7 Å². The van der Waals surface area contributed by atoms with Gasteiger partial charge in [0, 0.05) is 11.9 Å². The molecule has 1 atom stereocenters. The van der Waals surface area contributed by atoms with E-state index in [0.29, 0.717) is 6.61 Å². The van der Waals surface area contributed by atoms with Gasteiger partial charge in [-0.25, -0.2) is 9.97 Å². The van der Waals surface area contributed by atoms with Crippen LogP contribution in [0.25, 0.3) is 10.9 Å². The quantitative estimate of drug-likeness (QED) is 0.727. The maximum Gasteiger partial charge on any atom is 0.140 e. The number of nitrogens with zero attached hydrogens (tertiary/aromatic N) is 3. The topological polar surface area (TPSA) is 38.2 Å². The lowest BCUT2D eigenvalue weighted by atomic mass is 9.94. The van der Waals surface area contributed by atoms with Crippen LogP contribution in [-0.4, -0.2) is 29.7 Å². The summed E-state index contributed by atoms with van der Waals surface area (Å²) in [6, 6.07) is 18.6. The van der Waals surface area contributed by atoms with E-state index in [1.165, 1.54) is 5.56 Å². The van der Waals surface area contributed by atoms with Gasteiger partial charge >= 0.3 is 0 Å². The highest BCUT2D eigenvalue weighted by Crippen LogP contribution is 2.33. The maximum absolute atomic E-state index is 6.13. The average molecular weight is 305 g/mol. The van der Waals surface area contributed by atoms with Crippen LogP contribution in [-0.2, 0) is 10.3 Å². The third-order valence-corrected chi connectivity index (χ3v) is 4.48. The van der Waals surface area contributed by atoms with Crippen LogP contribution in [0.3, 0.4) is 0 Å². The van der Waals surface area contributed by atoms with Gasteiger partial charge in [-0.3, -0.25) is 0 Å². The van der Waals surface area contributed by atoms with Gasteiger partial charge in [0.15, 0.2) is 0 Å². The average Bonchev–Trinajstić information content (AvgIpc) is 2.62. The molecule has 1 saturated heterocycles. The van der Waals surface area contributed by atoms with Gasteiger partial charge in [0.2, 0.25) is 0 Å². The zero-order valence-corrected chi connectivity index (χ0v) is 13.1. The Balaban J connectivity index is 1.72. The van der Waals surface area contributed by atoms with Gasteiger partial charge in [0.1, 0.15) is 17.7 Å². The van der Waals surface area contributed by atoms with Crippen molar-refractivity contribution in [1.29, 1.82) is 0 Å². The summed E-state index contributed by atoms with van der Waals surface area (Å²) < 4.78 is 6.13. The van der Waals surface area contributed by atoms with Crippen molar-refractivity contribution in [3.63, 3.8) is 0 Å². The fourth-order valence-corrected chi connectivity index (χ4v) is 3.26. The number of hydrogen-bond acceptors (Lipinski definition) is 4. The summed E-state index contributed by atoms with van der Waals surface area (Å²) >= 11 is 0. The number of fused-ring (bicyclic) bond motifs is 1. The number of aromatic nitrogens is 2. The number of morpholine rings is 1. The first-order valence-electron chi connectivity index (χ1n) is 7.90. The summed E-state index contributed by atoms with van der Waals surface area (Å²) in [6.07, 6.45) is 1.65. The third kappa shape index (κ3) is 2.55. The molecule has 0 aliphatic carbocycles. The third-order valence-electron chi connectivity index (χ3n) is 4.48. The van der Waals surface area contributed by atoms with Crippen LogP contribution in [0.4, 0.5) is 5.82 Å². The highest BCUT2D eigenvalue weighted by molar-refractivity contribution is 5.89. The van der Waals surface area contributed by atoms with E-state index in [0.717, 1.165) is 29.8 Å². The Bertz CT molecular complexity index is 816. The SMILES string of the molecule is CC1(c2ccccc2)CN(c2ncnc3ccccc23)CCO1. The molecular formula is C19H19N3O. The Morgan fingerprint density at radius 1 is 1.00 bits per heavy atom. The molecule has 0 N–H and O–H groups in total. The Kier molecular flexibility index (Phi) is 3.46. The molecular weight excluding hydrogens is 286 g/mol. The number of hydrogen-bond donors (Lipinski definition) is 0. The first-order valence-corrected chi connectivity index (χ1v) is 7.90. The second-order valence-electron chi connectivity index (χ2n) is 6.08. The van der Waals surface area contributed by atoms with Crippen LogP contribution in [0.15, 0.2) is 60.9 Å². The van der Waals surface area contributed by atoms with Gasteiger partial charge < -0.3 is 9.64 Å². The van der Waals surface area contributed by atoms with Crippen LogP contribution in [0, 0.1) is 0 Å². The summed E-state index contributed by atoms with van der Waals surface area (Å²) in [5.74, 6) is 0.987. The van der Waals surface area contributed by atoms with Crippen molar-refractivity contribution in [2.45, 2.75) is 12.5 Å². The maximum atomic E-state index is 6.13. The van der Waals surface area contributed by atoms with E-state index in [4.69, 9.17) is 4.74 Å². The minimum Gasteiger partial charge on any atom is -0.367 e. The molecule has 3 aromatic rings. The van der Waals surface area contributed by atoms with Crippen LogP contribution in [0.2, 0.25) is 0 Å². The molecule has 0 radical (unpaired) electrons. The zero-order chi connectivity index (χ0) is 15.7. The predicted molar refractivity (Wildman–Crippen MR) is 91.5 cm³/mol. The van der Waals surface area contributed by atoms with Crippen LogP contribution >= 0.6 is 0 Å². The highest BCUT2D eigenvalue weighted by Gasteiger charge is 2.34. The molecule has 23 heavy (non-hydrogen) atoms. The van der Waals surface area contributed by atoms with Crippen molar-refractivity contribution in [2.24, 2.45) is 0 Å². The van der Waals surface area contributed by atoms with Crippen molar-refractivity contribution in [3.8, 4) is 0 Å². The molecule has 0 spiro atoms. The van der Waals surface area contributed by atoms with Gasteiger partial charge in [-0.05, 0) is 24.6 Å². The molecule has 116 valence electrons. The van der Waals surface area contributed by atoms with E-state index < -0.39 is 0 Å². The lowest BCUT2D eigenvalue weighted by molar-refractivity contribution is -0.0467. The predicted octanol–water partition coefficient (Wildman–Crippen LogP) is 3.38. The van der Waals surface area contributed by atoms with Crippen molar-refractivity contribution < 1.29 is 4.74 Å². The summed E-state index contributed by atoms with van der Waals surface area (Å²) in [5, 5.41) is 1.09. The molecule has 0 saturated carbocycles. The van der Waals surface area contributed by atoms with E-state index in [1.54, 1.807) is 6.33 Å². The van der Waals surface area contributed by atoms with Crippen LogP contribution in [0.5, 0.6) is 0 Å². The molecule has 1 aliphatic heterocycles. The highest BCUT2D eigenvalue weighted by atomic mass is 16.5. The summed E-state index contributed by atoms with van der Waals surface area (Å²) in [6.45, 7) is 4.45. The van der Waals surface area contributed by atoms with Crippen molar-refractivity contribution in [2.75, 3.05) is 24.6 Å². The minimum absolute atomic E-state index is 0.328. The Morgan fingerprint density at radius 3 is 2.65 bits per heavy atom. The fourth-order valence-electron chi connectivity index (χ4n) is 3.26. The van der Waals surface area contributed by atoms with E-state index in [9.17, 15) is 0 Å². The first kappa shape index (κ1) is 14.2. The standard InChI is InChI=1S/C19H19N3O/c1-19(15-7-3-2-4-8-15)13-22(11-12-23-19)18-16-9-5-6-10-17(16)20-14-21-18/h2-10,14H,11-13H2,1H3. The largest absolute Gasteiger partial charge is 0.367 e. The van der Waals surface area contributed by atoms with Crippen LogP contribution in [0.1, 0.15) is 12.5 Å². The van der Waals surface area contributed by atoms with Gasteiger partial charge in [-0.2, -0.15) is 0 Å². The Morgan fingerprint density at radius 2 is 1.78 bits per heavy atom. The molecule has 0 bridgehead atoms. The number of ether oxygens (including phenoxy) is 1. The Labute approximate surface area is 135 Å². The summed E-state index contributed by atoms with van der Waals surface area (Å²) in [5.41, 5.74) is 1.85. The van der Waals surface area contributed by atoms with Crippen LogP contribution < -0.4 is 4.90 Å². The molecule has 0 amide bonds. The second kappa shape index (κ2) is 5.63. The summed E-state index contributed by atoms with van der Waals surface area (Å²) in [7, 11) is 0. The number of benzene rings is 2. The molecule has 4 rings (SSSR count). The lowest BCUT2D eigenvalue weighted by Crippen LogP contribution is -2.48. The normalized spacial score (nSPS) is 21.5. The molecule has 2 heterocycles. The van der Waals surface area contributed by atoms with E-state index >= 15 is 0 Å². The molecule has 1 fully saturated rings. The number of para-hydroxylation sites is 1. The van der Waals surface area contributed by atoms with Crippen molar-refractivity contribution >= 4 is 16.7 Å². The minimum atomic E-state index is -0.328. The van der Waals surface area contributed by atoms with Gasteiger partial charge in [0.25, 0.3) is 0 Å². The van der Waals surface area contributed by atoms with E-state index in [1.807, 2.05) is 24.3 Å². The van der Waals surface area contributed by atoms with Crippen molar-refractivity contribution in [3.05, 3.63) is 66.5 Å². The smallest absolute Gasteiger partial charge is 0.140 e. The van der Waals surface area contributed by atoms with E-state index in [2.05, 4.69) is 52.1 Å². The molecule has 2 aromatic carbocycles. The first-order chi connectivity index (χ1) is 11.3. The summed E-state index contributed by atoms with van der Waals surface area (Å²) in [4.78, 5) is 11.2. The van der Waals surface area contributed by atoms with Gasteiger partial charge in [-0.1, -0.05) is 42.5 Å². The monoisotopic (exact) mass is 305 g/mol. The number of rotatable bonds is 2. The Hall–Kier alpha value is -2.46. The number of anilines is 1. The van der Waals surface area contributed by atoms with E-state index in [-0.39, 0.29) is 5.60 Å². The molecule has 1 aliphatic rings. The molecule has 1 aromatic heterocycles. The van der Waals surface area contributed by atoms with Gasteiger partial charge in [-0.15, -0.1) is 0 Å². The molecule has 4 nitrogen and oxygen atoms in total. The zero-order valence-electron chi connectivity index (χ0n) is 13.1. The molecule has 1 unspecified atom stereocenters. The fraction of sp³-hybridized carbons (Fsp3) is 0.263. The molecule has 4 heteroatoms. The lowest BCUT2D eigenvalue weighted by Gasteiger charge is -2.41. The second-order valence-corrected chi connectivity index (χ2v) is 6.08. The van der Waals surface area contributed by atoms with Crippen molar-refractivity contribution in [1.82, 2.24) is 9.97 Å².